The van der Waals surface area contributed by atoms with Crippen molar-refractivity contribution in [3.05, 3.63) is 22.4 Å². The van der Waals surface area contributed by atoms with Crippen LogP contribution >= 0.6 is 23.7 Å². The Morgan fingerprint density at radius 2 is 2.20 bits per heavy atom. The zero-order valence-corrected chi connectivity index (χ0v) is 16.4. The lowest BCUT2D eigenvalue weighted by Gasteiger charge is -2.31. The van der Waals surface area contributed by atoms with E-state index in [-0.39, 0.29) is 18.5 Å². The van der Waals surface area contributed by atoms with Gasteiger partial charge >= 0.3 is 0 Å². The van der Waals surface area contributed by atoms with Gasteiger partial charge in [0.25, 0.3) is 0 Å². The number of carbonyl (C=O) groups is 1. The molecule has 4 rings (SSSR count). The SMILES string of the molecule is Cl.O=C(CC1CCCCO1)N(Cc1ccsc1)C1CC12CCNCC2. The Hall–Kier alpha value is -0.620. The molecule has 6 heteroatoms. The van der Waals surface area contributed by atoms with E-state index < -0.39 is 0 Å². The van der Waals surface area contributed by atoms with Gasteiger partial charge in [-0.25, -0.2) is 0 Å². The van der Waals surface area contributed by atoms with E-state index in [4.69, 9.17) is 4.74 Å². The first-order valence-corrected chi connectivity index (χ1v) is 10.3. The number of amides is 1. The van der Waals surface area contributed by atoms with Crippen molar-refractivity contribution in [3.8, 4) is 0 Å². The monoisotopic (exact) mass is 384 g/mol. The summed E-state index contributed by atoms with van der Waals surface area (Å²) in [6.07, 6.45) is 7.70. The minimum atomic E-state index is 0. The summed E-state index contributed by atoms with van der Waals surface area (Å²) >= 11 is 1.72. The van der Waals surface area contributed by atoms with Crippen LogP contribution in [-0.4, -0.2) is 42.6 Å². The highest BCUT2D eigenvalue weighted by Gasteiger charge is 2.57. The first-order valence-electron chi connectivity index (χ1n) is 9.40. The molecule has 140 valence electrons. The molecule has 2 unspecified atom stereocenters. The van der Waals surface area contributed by atoms with Gasteiger partial charge in [-0.15, -0.1) is 12.4 Å². The minimum absolute atomic E-state index is 0. The van der Waals surface area contributed by atoms with Crippen LogP contribution in [-0.2, 0) is 16.1 Å². The summed E-state index contributed by atoms with van der Waals surface area (Å²) < 4.78 is 5.82. The quantitative estimate of drug-likeness (QED) is 0.843. The second-order valence-corrected chi connectivity index (χ2v) is 8.46. The molecular formula is C19H29ClN2O2S. The zero-order chi connectivity index (χ0) is 16.4. The lowest BCUT2D eigenvalue weighted by Crippen LogP contribution is -2.40. The van der Waals surface area contributed by atoms with Gasteiger partial charge < -0.3 is 15.0 Å². The van der Waals surface area contributed by atoms with Gasteiger partial charge in [0.2, 0.25) is 5.91 Å². The van der Waals surface area contributed by atoms with Gasteiger partial charge in [-0.2, -0.15) is 11.3 Å². The van der Waals surface area contributed by atoms with Crippen LogP contribution in [0.3, 0.4) is 0 Å². The Morgan fingerprint density at radius 3 is 2.88 bits per heavy atom. The van der Waals surface area contributed by atoms with Crippen LogP contribution in [0.1, 0.15) is 50.5 Å². The molecule has 1 amide bonds. The molecule has 1 saturated carbocycles. The predicted molar refractivity (Wildman–Crippen MR) is 103 cm³/mol. The number of ether oxygens (including phenoxy) is 1. The fourth-order valence-electron chi connectivity index (χ4n) is 4.46. The van der Waals surface area contributed by atoms with E-state index >= 15 is 0 Å². The third-order valence-corrected chi connectivity index (χ3v) is 6.78. The number of thiophene rings is 1. The lowest BCUT2D eigenvalue weighted by atomic mass is 9.93. The molecule has 1 aliphatic carbocycles. The van der Waals surface area contributed by atoms with Gasteiger partial charge in [-0.1, -0.05) is 0 Å². The van der Waals surface area contributed by atoms with Gasteiger partial charge in [-0.3, -0.25) is 4.79 Å². The molecule has 1 spiro atoms. The predicted octanol–water partition coefficient (Wildman–Crippen LogP) is 3.60. The summed E-state index contributed by atoms with van der Waals surface area (Å²) in [4.78, 5) is 15.3. The van der Waals surface area contributed by atoms with Crippen molar-refractivity contribution in [2.75, 3.05) is 19.7 Å². The molecule has 0 bridgehead atoms. The van der Waals surface area contributed by atoms with Crippen LogP contribution in [0.15, 0.2) is 16.8 Å². The normalized spacial score (nSPS) is 27.5. The number of hydrogen-bond donors (Lipinski definition) is 1. The summed E-state index contributed by atoms with van der Waals surface area (Å²) in [5.41, 5.74) is 1.67. The molecule has 3 aliphatic rings. The van der Waals surface area contributed by atoms with Gasteiger partial charge in [0.05, 0.1) is 12.5 Å². The third kappa shape index (κ3) is 4.38. The number of piperidine rings is 1. The molecule has 1 aromatic rings. The number of nitrogens with one attached hydrogen (secondary N) is 1. The number of rotatable bonds is 5. The molecule has 3 fully saturated rings. The second-order valence-electron chi connectivity index (χ2n) is 7.68. The highest BCUT2D eigenvalue weighted by Crippen LogP contribution is 2.56. The van der Waals surface area contributed by atoms with Crippen LogP contribution in [0.4, 0.5) is 0 Å². The Morgan fingerprint density at radius 1 is 1.36 bits per heavy atom. The van der Waals surface area contributed by atoms with Crippen molar-refractivity contribution in [1.82, 2.24) is 10.2 Å². The van der Waals surface area contributed by atoms with Gasteiger partial charge in [0, 0.05) is 19.2 Å². The fourth-order valence-corrected chi connectivity index (χ4v) is 5.12. The van der Waals surface area contributed by atoms with Gasteiger partial charge in [0.15, 0.2) is 0 Å². The summed E-state index contributed by atoms with van der Waals surface area (Å²) in [6, 6.07) is 2.59. The van der Waals surface area contributed by atoms with Crippen LogP contribution in [0.2, 0.25) is 0 Å². The van der Waals surface area contributed by atoms with E-state index in [1.807, 2.05) is 0 Å². The van der Waals surface area contributed by atoms with Crippen molar-refractivity contribution in [2.24, 2.45) is 5.41 Å². The molecule has 0 aromatic carbocycles. The Kier molecular flexibility index (Phi) is 6.42. The minimum Gasteiger partial charge on any atom is -0.378 e. The summed E-state index contributed by atoms with van der Waals surface area (Å²) in [6.45, 7) is 3.79. The molecule has 0 radical (unpaired) electrons. The van der Waals surface area contributed by atoms with Crippen LogP contribution in [0.5, 0.6) is 0 Å². The number of nitrogens with zero attached hydrogens (tertiary/aromatic N) is 1. The van der Waals surface area contributed by atoms with Crippen LogP contribution in [0, 0.1) is 5.41 Å². The van der Waals surface area contributed by atoms with E-state index in [9.17, 15) is 4.79 Å². The smallest absolute Gasteiger partial charge is 0.225 e. The van der Waals surface area contributed by atoms with Crippen molar-refractivity contribution < 1.29 is 9.53 Å². The van der Waals surface area contributed by atoms with Crippen LogP contribution < -0.4 is 5.32 Å². The largest absolute Gasteiger partial charge is 0.378 e. The molecule has 1 aromatic heterocycles. The zero-order valence-electron chi connectivity index (χ0n) is 14.7. The molecule has 25 heavy (non-hydrogen) atoms. The highest BCUT2D eigenvalue weighted by atomic mass is 35.5. The Balaban J connectivity index is 0.00000182. The molecular weight excluding hydrogens is 356 g/mol. The van der Waals surface area contributed by atoms with Gasteiger partial charge in [0.1, 0.15) is 0 Å². The van der Waals surface area contributed by atoms with E-state index in [0.717, 1.165) is 39.1 Å². The molecule has 2 atom stereocenters. The molecule has 2 aliphatic heterocycles. The summed E-state index contributed by atoms with van der Waals surface area (Å²) in [5.74, 6) is 0.300. The van der Waals surface area contributed by atoms with E-state index in [0.29, 0.717) is 23.8 Å². The van der Waals surface area contributed by atoms with Crippen molar-refractivity contribution in [1.29, 1.82) is 0 Å². The first kappa shape index (κ1) is 19.2. The van der Waals surface area contributed by atoms with E-state index in [1.54, 1.807) is 11.3 Å². The summed E-state index contributed by atoms with van der Waals surface area (Å²) in [7, 11) is 0. The van der Waals surface area contributed by atoms with Crippen molar-refractivity contribution in [3.63, 3.8) is 0 Å². The highest BCUT2D eigenvalue weighted by molar-refractivity contribution is 7.07. The van der Waals surface area contributed by atoms with E-state index in [1.165, 1.54) is 31.2 Å². The van der Waals surface area contributed by atoms with Crippen molar-refractivity contribution in [2.45, 2.75) is 63.6 Å². The number of carbonyl (C=O) groups excluding carboxylic acids is 1. The van der Waals surface area contributed by atoms with Gasteiger partial charge in [-0.05, 0) is 79.4 Å². The molecule has 1 N–H and O–H groups in total. The van der Waals surface area contributed by atoms with Crippen molar-refractivity contribution >= 4 is 29.7 Å². The molecule has 4 nitrogen and oxygen atoms in total. The Bertz CT molecular complexity index is 554. The fraction of sp³-hybridized carbons (Fsp3) is 0.737. The molecule has 3 heterocycles. The topological polar surface area (TPSA) is 41.6 Å². The second kappa shape index (κ2) is 8.38. The number of halogens is 1. The standard InChI is InChI=1S/C19H28N2O2S.ClH/c22-18(11-16-3-1-2-9-23-16)21(13-15-4-10-24-14-15)17-12-19(17)5-7-20-8-6-19;/h4,10,14,16-17,20H,1-3,5-9,11-13H2;1H. The maximum atomic E-state index is 13.1. The third-order valence-electron chi connectivity index (χ3n) is 6.05. The molecule has 2 saturated heterocycles. The lowest BCUT2D eigenvalue weighted by molar-refractivity contribution is -0.137. The van der Waals surface area contributed by atoms with Crippen LogP contribution in [0.25, 0.3) is 0 Å². The van der Waals surface area contributed by atoms with E-state index in [2.05, 4.69) is 27.0 Å². The maximum absolute atomic E-state index is 13.1. The average molecular weight is 385 g/mol. The summed E-state index contributed by atoms with van der Waals surface area (Å²) in [5, 5.41) is 7.74. The number of hydrogen-bond acceptors (Lipinski definition) is 4. The maximum Gasteiger partial charge on any atom is 0.225 e. The Labute approximate surface area is 160 Å². The first-order chi connectivity index (χ1) is 11.8. The average Bonchev–Trinajstić information content (AvgIpc) is 3.05.